The summed E-state index contributed by atoms with van der Waals surface area (Å²) in [6.07, 6.45) is -0.320. The molecule has 1 atom stereocenters. The molecular formula is C18H13ClFNO3S. The van der Waals surface area contributed by atoms with Crippen molar-refractivity contribution in [1.29, 1.82) is 0 Å². The Labute approximate surface area is 151 Å². The second kappa shape index (κ2) is 7.21. The van der Waals surface area contributed by atoms with Gasteiger partial charge >= 0.3 is 5.97 Å². The molecule has 0 radical (unpaired) electrons. The van der Waals surface area contributed by atoms with Crippen LogP contribution in [0.1, 0.15) is 27.7 Å². The van der Waals surface area contributed by atoms with Gasteiger partial charge in [-0.1, -0.05) is 41.9 Å². The Balaban J connectivity index is 1.90. The number of carbonyl (C=O) groups excluding carboxylic acids is 1. The first kappa shape index (κ1) is 17.4. The van der Waals surface area contributed by atoms with Crippen molar-refractivity contribution >= 4 is 44.9 Å². The smallest absolute Gasteiger partial charge is 0.305 e. The fourth-order valence-electron chi connectivity index (χ4n) is 2.51. The van der Waals surface area contributed by atoms with E-state index in [4.69, 9.17) is 16.7 Å². The summed E-state index contributed by atoms with van der Waals surface area (Å²) < 4.78 is 14.0. The topological polar surface area (TPSA) is 66.4 Å². The summed E-state index contributed by atoms with van der Waals surface area (Å²) in [4.78, 5) is 24.1. The third-order valence-electron chi connectivity index (χ3n) is 3.70. The molecule has 4 nitrogen and oxygen atoms in total. The molecule has 1 aromatic heterocycles. The highest BCUT2D eigenvalue weighted by Gasteiger charge is 2.22. The highest BCUT2D eigenvalue weighted by Crippen LogP contribution is 2.35. The number of hydrogen-bond donors (Lipinski definition) is 2. The molecule has 0 aliphatic heterocycles. The minimum Gasteiger partial charge on any atom is -0.481 e. The number of carboxylic acid groups (broad SMARTS) is 1. The highest BCUT2D eigenvalue weighted by molar-refractivity contribution is 7.21. The Morgan fingerprint density at radius 2 is 1.84 bits per heavy atom. The zero-order chi connectivity index (χ0) is 18.0. The van der Waals surface area contributed by atoms with Crippen LogP contribution in [0.25, 0.3) is 10.1 Å². The van der Waals surface area contributed by atoms with Crippen molar-refractivity contribution in [2.45, 2.75) is 12.5 Å². The maximum Gasteiger partial charge on any atom is 0.305 e. The third kappa shape index (κ3) is 3.81. The van der Waals surface area contributed by atoms with Crippen molar-refractivity contribution < 1.29 is 19.1 Å². The van der Waals surface area contributed by atoms with E-state index >= 15 is 0 Å². The predicted molar refractivity (Wildman–Crippen MR) is 95.7 cm³/mol. The molecule has 3 rings (SSSR count). The van der Waals surface area contributed by atoms with Gasteiger partial charge in [0.1, 0.15) is 10.7 Å². The number of thiophene rings is 1. The molecule has 0 aliphatic rings. The third-order valence-corrected chi connectivity index (χ3v) is 5.37. The van der Waals surface area contributed by atoms with Crippen LogP contribution in [0.15, 0.2) is 48.5 Å². The van der Waals surface area contributed by atoms with E-state index in [2.05, 4.69) is 5.32 Å². The first-order chi connectivity index (χ1) is 12.0. The van der Waals surface area contributed by atoms with Gasteiger partial charge in [-0.15, -0.1) is 11.3 Å². The van der Waals surface area contributed by atoms with Gasteiger partial charge in [-0.2, -0.15) is 0 Å². The molecule has 128 valence electrons. The van der Waals surface area contributed by atoms with Crippen LogP contribution < -0.4 is 5.32 Å². The highest BCUT2D eigenvalue weighted by atomic mass is 35.5. The van der Waals surface area contributed by atoms with Gasteiger partial charge in [-0.25, -0.2) is 4.39 Å². The molecule has 0 saturated carbocycles. The number of amides is 1. The second-order valence-corrected chi connectivity index (χ2v) is 6.85. The standard InChI is InChI=1S/C18H13ClFNO3S/c19-16-12-3-1-2-4-14(12)25-17(16)18(24)21-13(9-15(22)23)10-5-7-11(20)8-6-10/h1-8,13H,9H2,(H,21,24)(H,22,23)/t13-/m1/s1. The van der Waals surface area contributed by atoms with Gasteiger partial charge in [0.05, 0.1) is 17.5 Å². The summed E-state index contributed by atoms with van der Waals surface area (Å²) in [5.41, 5.74) is 0.509. The molecule has 0 saturated heterocycles. The van der Waals surface area contributed by atoms with Crippen molar-refractivity contribution in [3.8, 4) is 0 Å². The van der Waals surface area contributed by atoms with E-state index in [1.165, 1.54) is 35.6 Å². The summed E-state index contributed by atoms with van der Waals surface area (Å²) >= 11 is 7.53. The zero-order valence-corrected chi connectivity index (χ0v) is 14.4. The molecule has 2 N–H and O–H groups in total. The van der Waals surface area contributed by atoms with Gasteiger partial charge in [0.25, 0.3) is 5.91 Å². The van der Waals surface area contributed by atoms with E-state index in [-0.39, 0.29) is 6.42 Å². The first-order valence-electron chi connectivity index (χ1n) is 7.41. The number of nitrogens with one attached hydrogen (secondary N) is 1. The number of fused-ring (bicyclic) bond motifs is 1. The fourth-order valence-corrected chi connectivity index (χ4v) is 3.93. The minimum atomic E-state index is -1.07. The van der Waals surface area contributed by atoms with Gasteiger partial charge in [0.2, 0.25) is 0 Å². The van der Waals surface area contributed by atoms with Crippen LogP contribution in [0.3, 0.4) is 0 Å². The van der Waals surface area contributed by atoms with Crippen LogP contribution >= 0.6 is 22.9 Å². The number of carboxylic acids is 1. The Hall–Kier alpha value is -2.44. The molecule has 2 aromatic carbocycles. The van der Waals surface area contributed by atoms with Crippen LogP contribution in [0.5, 0.6) is 0 Å². The monoisotopic (exact) mass is 377 g/mol. The van der Waals surface area contributed by atoms with Crippen LogP contribution in [0, 0.1) is 5.82 Å². The normalized spacial score (nSPS) is 12.1. The lowest BCUT2D eigenvalue weighted by molar-refractivity contribution is -0.137. The largest absolute Gasteiger partial charge is 0.481 e. The van der Waals surface area contributed by atoms with E-state index in [1.54, 1.807) is 0 Å². The van der Waals surface area contributed by atoms with Crippen molar-refractivity contribution in [2.24, 2.45) is 0 Å². The molecule has 0 bridgehead atoms. The first-order valence-corrected chi connectivity index (χ1v) is 8.60. The average Bonchev–Trinajstić information content (AvgIpc) is 2.92. The van der Waals surface area contributed by atoms with Gasteiger partial charge in [0.15, 0.2) is 0 Å². The summed E-state index contributed by atoms with van der Waals surface area (Å²) in [5, 5.41) is 12.9. The maximum atomic E-state index is 13.1. The molecule has 0 aliphatic carbocycles. The summed E-state index contributed by atoms with van der Waals surface area (Å²) in [5.74, 6) is -1.96. The predicted octanol–water partition coefficient (Wildman–Crippen LogP) is 4.64. The van der Waals surface area contributed by atoms with Crippen LogP contribution in [0.4, 0.5) is 4.39 Å². The Morgan fingerprint density at radius 1 is 1.16 bits per heavy atom. The van der Waals surface area contributed by atoms with Crippen molar-refractivity contribution in [1.82, 2.24) is 5.32 Å². The molecule has 0 fully saturated rings. The van der Waals surface area contributed by atoms with Gasteiger partial charge in [0, 0.05) is 10.1 Å². The Kier molecular flexibility index (Phi) is 5.01. The Morgan fingerprint density at radius 3 is 2.48 bits per heavy atom. The number of benzene rings is 2. The van der Waals surface area contributed by atoms with E-state index in [0.717, 1.165) is 10.1 Å². The molecule has 3 aromatic rings. The lowest BCUT2D eigenvalue weighted by Crippen LogP contribution is -2.29. The molecular weight excluding hydrogens is 365 g/mol. The average molecular weight is 378 g/mol. The van der Waals surface area contributed by atoms with E-state index in [9.17, 15) is 14.0 Å². The number of carbonyl (C=O) groups is 2. The van der Waals surface area contributed by atoms with E-state index < -0.39 is 23.7 Å². The molecule has 1 amide bonds. The number of hydrogen-bond acceptors (Lipinski definition) is 3. The molecule has 0 unspecified atom stereocenters. The van der Waals surface area contributed by atoms with Crippen molar-refractivity contribution in [3.63, 3.8) is 0 Å². The minimum absolute atomic E-state index is 0.320. The summed E-state index contributed by atoms with van der Waals surface area (Å²) in [6.45, 7) is 0. The Bertz CT molecular complexity index is 939. The summed E-state index contributed by atoms with van der Waals surface area (Å²) in [7, 11) is 0. The maximum absolute atomic E-state index is 13.1. The number of halogens is 2. The van der Waals surface area contributed by atoms with E-state index in [0.29, 0.717) is 15.5 Å². The molecule has 0 spiro atoms. The molecule has 25 heavy (non-hydrogen) atoms. The fraction of sp³-hybridized carbons (Fsp3) is 0.111. The number of aliphatic carboxylic acids is 1. The SMILES string of the molecule is O=C(O)C[C@@H](NC(=O)c1sc2ccccc2c1Cl)c1ccc(F)cc1. The molecule has 7 heteroatoms. The van der Waals surface area contributed by atoms with Gasteiger partial charge in [-0.05, 0) is 23.8 Å². The van der Waals surface area contributed by atoms with Crippen LogP contribution in [-0.2, 0) is 4.79 Å². The lowest BCUT2D eigenvalue weighted by Gasteiger charge is -2.17. The zero-order valence-electron chi connectivity index (χ0n) is 12.8. The molecule has 1 heterocycles. The van der Waals surface area contributed by atoms with Gasteiger partial charge in [-0.3, -0.25) is 9.59 Å². The van der Waals surface area contributed by atoms with Crippen LogP contribution in [-0.4, -0.2) is 17.0 Å². The van der Waals surface area contributed by atoms with Gasteiger partial charge < -0.3 is 10.4 Å². The summed E-state index contributed by atoms with van der Waals surface area (Å²) in [6, 6.07) is 11.9. The van der Waals surface area contributed by atoms with E-state index in [1.807, 2.05) is 24.3 Å². The lowest BCUT2D eigenvalue weighted by atomic mass is 10.0. The second-order valence-electron chi connectivity index (χ2n) is 5.42. The quantitative estimate of drug-likeness (QED) is 0.680. The van der Waals surface area contributed by atoms with Crippen LogP contribution in [0.2, 0.25) is 5.02 Å². The van der Waals surface area contributed by atoms with Crippen molar-refractivity contribution in [3.05, 3.63) is 69.8 Å². The number of rotatable bonds is 5. The van der Waals surface area contributed by atoms with Crippen molar-refractivity contribution in [2.75, 3.05) is 0 Å².